The average molecular weight is 611 g/mol. The summed E-state index contributed by atoms with van der Waals surface area (Å²) in [7, 11) is 0. The molecular formula is C43H38N4. The van der Waals surface area contributed by atoms with E-state index in [0.29, 0.717) is 5.56 Å². The predicted octanol–water partition coefficient (Wildman–Crippen LogP) is 11.5. The van der Waals surface area contributed by atoms with Gasteiger partial charge in [-0.05, 0) is 94.4 Å². The fourth-order valence-electron chi connectivity index (χ4n) is 6.82. The Morgan fingerprint density at radius 3 is 1.38 bits per heavy atom. The maximum Gasteiger partial charge on any atom is 0.0992 e. The number of benzene rings is 5. The van der Waals surface area contributed by atoms with Crippen molar-refractivity contribution in [3.05, 3.63) is 137 Å². The van der Waals surface area contributed by atoms with Crippen molar-refractivity contribution in [2.75, 3.05) is 0 Å². The van der Waals surface area contributed by atoms with Crippen molar-refractivity contribution in [3.63, 3.8) is 0 Å². The van der Waals surface area contributed by atoms with E-state index < -0.39 is 0 Å². The number of aromatic nitrogens is 3. The second-order valence-electron chi connectivity index (χ2n) is 12.7. The summed E-state index contributed by atoms with van der Waals surface area (Å²) in [5.74, 6) is 0. The largest absolute Gasteiger partial charge is 0.309 e. The normalized spacial score (nSPS) is 11.3. The zero-order valence-corrected chi connectivity index (χ0v) is 27.9. The van der Waals surface area contributed by atoms with Crippen molar-refractivity contribution in [1.82, 2.24) is 14.1 Å². The molecule has 0 aliphatic rings. The summed E-state index contributed by atoms with van der Waals surface area (Å²) >= 11 is 0. The molecule has 0 saturated heterocycles. The molecule has 3 aromatic heterocycles. The highest BCUT2D eigenvalue weighted by atomic mass is 15.0. The standard InChI is InChI=1S/C40H30N4.C3H8/c1-24-5-11-35-30(17-24)31-18-25(2)6-12-36(31)43(35)39-15-16-42-23-34(39)29-10-9-28(22-41)21-40(29)44-37-13-7-26(3)19-32(37)33-20-27(4)8-14-38(33)44;1-3-2/h5-21,23H,1-4H3;3H2,1-2H3. The van der Waals surface area contributed by atoms with Crippen LogP contribution in [0.25, 0.3) is 66.1 Å². The van der Waals surface area contributed by atoms with Crippen LogP contribution in [0.15, 0.2) is 109 Å². The Morgan fingerprint density at radius 2 is 0.957 bits per heavy atom. The number of hydrogen-bond acceptors (Lipinski definition) is 2. The smallest absolute Gasteiger partial charge is 0.0992 e. The van der Waals surface area contributed by atoms with Gasteiger partial charge in [0.15, 0.2) is 0 Å². The highest BCUT2D eigenvalue weighted by Crippen LogP contribution is 2.41. The van der Waals surface area contributed by atoms with E-state index in [1.165, 1.54) is 50.2 Å². The van der Waals surface area contributed by atoms with Crippen LogP contribution in [0.2, 0.25) is 0 Å². The minimum absolute atomic E-state index is 0.617. The van der Waals surface area contributed by atoms with Crippen LogP contribution in [-0.4, -0.2) is 14.1 Å². The second kappa shape index (κ2) is 11.9. The second-order valence-corrected chi connectivity index (χ2v) is 12.7. The Kier molecular flexibility index (Phi) is 7.62. The lowest BCUT2D eigenvalue weighted by Crippen LogP contribution is -2.02. The van der Waals surface area contributed by atoms with E-state index in [4.69, 9.17) is 0 Å². The number of fused-ring (bicyclic) bond motifs is 6. The molecule has 0 unspecified atom stereocenters. The van der Waals surface area contributed by atoms with Crippen molar-refractivity contribution < 1.29 is 0 Å². The number of pyridine rings is 1. The summed E-state index contributed by atoms with van der Waals surface area (Å²) in [6.45, 7) is 12.8. The van der Waals surface area contributed by atoms with Gasteiger partial charge < -0.3 is 9.13 Å². The monoisotopic (exact) mass is 610 g/mol. The van der Waals surface area contributed by atoms with Gasteiger partial charge in [-0.2, -0.15) is 5.26 Å². The summed E-state index contributed by atoms with van der Waals surface area (Å²) in [4.78, 5) is 4.65. The maximum atomic E-state index is 10.0. The van der Waals surface area contributed by atoms with Gasteiger partial charge in [0.1, 0.15) is 0 Å². The van der Waals surface area contributed by atoms with Gasteiger partial charge in [0, 0.05) is 45.1 Å². The Labute approximate surface area is 276 Å². The first-order chi connectivity index (χ1) is 22.8. The minimum atomic E-state index is 0.617. The molecule has 8 rings (SSSR count). The van der Waals surface area contributed by atoms with Gasteiger partial charge in [-0.15, -0.1) is 0 Å². The zero-order chi connectivity index (χ0) is 32.8. The van der Waals surface area contributed by atoms with Crippen LogP contribution in [0.4, 0.5) is 0 Å². The molecule has 0 bridgehead atoms. The average Bonchev–Trinajstić information content (AvgIpc) is 3.55. The Morgan fingerprint density at radius 1 is 0.532 bits per heavy atom. The number of rotatable bonds is 3. The third-order valence-electron chi connectivity index (χ3n) is 8.85. The summed E-state index contributed by atoms with van der Waals surface area (Å²) in [5.41, 5.74) is 14.1. The van der Waals surface area contributed by atoms with Crippen LogP contribution < -0.4 is 0 Å². The van der Waals surface area contributed by atoms with E-state index in [1.807, 2.05) is 24.5 Å². The van der Waals surface area contributed by atoms with Crippen LogP contribution in [0, 0.1) is 39.0 Å². The quantitative estimate of drug-likeness (QED) is 0.200. The molecule has 3 heterocycles. The third kappa shape index (κ3) is 5.05. The lowest BCUT2D eigenvalue weighted by Gasteiger charge is -2.18. The van der Waals surface area contributed by atoms with Crippen molar-refractivity contribution in [1.29, 1.82) is 5.26 Å². The van der Waals surface area contributed by atoms with Gasteiger partial charge in [0.25, 0.3) is 0 Å². The number of nitriles is 1. The number of aryl methyl sites for hydroxylation is 4. The maximum absolute atomic E-state index is 10.0. The highest BCUT2D eigenvalue weighted by Gasteiger charge is 2.21. The first-order valence-corrected chi connectivity index (χ1v) is 16.3. The Bertz CT molecular complexity index is 2400. The van der Waals surface area contributed by atoms with Gasteiger partial charge in [-0.25, -0.2) is 0 Å². The van der Waals surface area contributed by atoms with E-state index in [1.54, 1.807) is 0 Å². The summed E-state index contributed by atoms with van der Waals surface area (Å²) in [6.07, 6.45) is 5.08. The molecule has 4 nitrogen and oxygen atoms in total. The highest BCUT2D eigenvalue weighted by molar-refractivity contribution is 6.12. The SMILES string of the molecule is CCC.Cc1ccc2c(c1)c1cc(C)ccc1n2-c1ccncc1-c1ccc(C#N)cc1-n1c2ccc(C)cc2c2cc(C)ccc21. The van der Waals surface area contributed by atoms with Crippen molar-refractivity contribution in [3.8, 4) is 28.6 Å². The van der Waals surface area contributed by atoms with Gasteiger partial charge >= 0.3 is 0 Å². The fourth-order valence-corrected chi connectivity index (χ4v) is 6.82. The Balaban J connectivity index is 0.00000113. The van der Waals surface area contributed by atoms with Crippen LogP contribution in [0.5, 0.6) is 0 Å². The van der Waals surface area contributed by atoms with E-state index >= 15 is 0 Å². The van der Waals surface area contributed by atoms with Gasteiger partial charge in [-0.1, -0.05) is 72.9 Å². The van der Waals surface area contributed by atoms with Gasteiger partial charge in [-0.3, -0.25) is 4.98 Å². The van der Waals surface area contributed by atoms with Crippen molar-refractivity contribution in [2.45, 2.75) is 48.0 Å². The lowest BCUT2D eigenvalue weighted by molar-refractivity contribution is 1.09. The van der Waals surface area contributed by atoms with Gasteiger partial charge in [0.2, 0.25) is 0 Å². The molecule has 0 fully saturated rings. The molecule has 0 radical (unpaired) electrons. The topological polar surface area (TPSA) is 46.5 Å². The zero-order valence-electron chi connectivity index (χ0n) is 27.9. The number of nitrogens with zero attached hydrogens (tertiary/aromatic N) is 4. The molecule has 0 aliphatic carbocycles. The molecule has 0 amide bonds. The number of hydrogen-bond donors (Lipinski definition) is 0. The summed E-state index contributed by atoms with van der Waals surface area (Å²) < 4.78 is 4.68. The molecule has 0 spiro atoms. The fraction of sp³-hybridized carbons (Fsp3) is 0.163. The van der Waals surface area contributed by atoms with Crippen molar-refractivity contribution >= 4 is 43.6 Å². The van der Waals surface area contributed by atoms with Crippen LogP contribution >= 0.6 is 0 Å². The first-order valence-electron chi connectivity index (χ1n) is 16.3. The molecule has 0 N–H and O–H groups in total. The lowest BCUT2D eigenvalue weighted by atomic mass is 10.0. The Hall–Kier alpha value is -5.66. The summed E-state index contributed by atoms with van der Waals surface area (Å²) in [5, 5.41) is 14.9. The molecule has 5 aromatic carbocycles. The van der Waals surface area contributed by atoms with Gasteiger partial charge in [0.05, 0.1) is 45.1 Å². The molecule has 0 saturated carbocycles. The first kappa shape index (κ1) is 30.0. The van der Waals surface area contributed by atoms with E-state index in [0.717, 1.165) is 44.6 Å². The van der Waals surface area contributed by atoms with Crippen molar-refractivity contribution in [2.24, 2.45) is 0 Å². The molecule has 0 aliphatic heterocycles. The van der Waals surface area contributed by atoms with Crippen LogP contribution in [0.3, 0.4) is 0 Å². The molecular weight excluding hydrogens is 573 g/mol. The molecule has 47 heavy (non-hydrogen) atoms. The molecule has 8 aromatic rings. The molecule has 0 atom stereocenters. The predicted molar refractivity (Wildman–Crippen MR) is 198 cm³/mol. The van der Waals surface area contributed by atoms with E-state index in [9.17, 15) is 5.26 Å². The van der Waals surface area contributed by atoms with Crippen LogP contribution in [0.1, 0.15) is 48.1 Å². The minimum Gasteiger partial charge on any atom is -0.309 e. The molecule has 4 heteroatoms. The summed E-state index contributed by atoms with van der Waals surface area (Å²) in [6, 6.07) is 37.1. The van der Waals surface area contributed by atoms with E-state index in [-0.39, 0.29) is 0 Å². The third-order valence-corrected chi connectivity index (χ3v) is 8.85. The van der Waals surface area contributed by atoms with E-state index in [2.05, 4.69) is 147 Å². The molecule has 230 valence electrons. The van der Waals surface area contributed by atoms with Crippen LogP contribution in [-0.2, 0) is 0 Å².